The standard InChI is InChI=1S/C22H33FN2O/c1-3-4-6-18-11-13-24(14-12-18)15-17(2)16-25-21(26)10-9-19-7-5-8-20(23)22(19)25/h5,7-8,17-18H,3-4,6,9-16H2,1-2H3. The Kier molecular flexibility index (Phi) is 6.68. The lowest BCUT2D eigenvalue weighted by atomic mass is 9.91. The van der Waals surface area contributed by atoms with E-state index in [1.54, 1.807) is 11.0 Å². The predicted octanol–water partition coefficient (Wildman–Crippen LogP) is 4.64. The van der Waals surface area contributed by atoms with E-state index in [1.165, 1.54) is 38.2 Å². The van der Waals surface area contributed by atoms with E-state index in [1.807, 2.05) is 6.07 Å². The third-order valence-corrected chi connectivity index (χ3v) is 5.99. The molecule has 1 amide bonds. The Labute approximate surface area is 157 Å². The molecule has 1 fully saturated rings. The Morgan fingerprint density at radius 3 is 2.69 bits per heavy atom. The van der Waals surface area contributed by atoms with E-state index in [-0.39, 0.29) is 11.7 Å². The van der Waals surface area contributed by atoms with Crippen molar-refractivity contribution in [2.24, 2.45) is 11.8 Å². The quantitative estimate of drug-likeness (QED) is 0.707. The minimum atomic E-state index is -0.264. The van der Waals surface area contributed by atoms with Gasteiger partial charge in [-0.15, -0.1) is 0 Å². The van der Waals surface area contributed by atoms with Gasteiger partial charge < -0.3 is 9.80 Å². The van der Waals surface area contributed by atoms with Crippen LogP contribution in [0.25, 0.3) is 0 Å². The van der Waals surface area contributed by atoms with Gasteiger partial charge >= 0.3 is 0 Å². The van der Waals surface area contributed by atoms with Gasteiger partial charge in [0.2, 0.25) is 5.91 Å². The topological polar surface area (TPSA) is 23.6 Å². The van der Waals surface area contributed by atoms with E-state index in [0.29, 0.717) is 31.0 Å². The number of likely N-dealkylation sites (tertiary alicyclic amines) is 1. The van der Waals surface area contributed by atoms with Crippen molar-refractivity contribution in [2.75, 3.05) is 31.1 Å². The van der Waals surface area contributed by atoms with Crippen molar-refractivity contribution in [3.05, 3.63) is 29.6 Å². The molecule has 0 saturated carbocycles. The third kappa shape index (κ3) is 4.64. The van der Waals surface area contributed by atoms with Gasteiger partial charge in [-0.1, -0.05) is 45.2 Å². The minimum Gasteiger partial charge on any atom is -0.309 e. The molecule has 0 aromatic heterocycles. The molecule has 4 heteroatoms. The van der Waals surface area contributed by atoms with E-state index in [2.05, 4.69) is 18.7 Å². The molecule has 2 aliphatic rings. The summed E-state index contributed by atoms with van der Waals surface area (Å²) in [6.07, 6.45) is 7.76. The van der Waals surface area contributed by atoms with Crippen LogP contribution in [0.4, 0.5) is 10.1 Å². The van der Waals surface area contributed by atoms with Crippen LogP contribution in [-0.2, 0) is 11.2 Å². The van der Waals surface area contributed by atoms with Gasteiger partial charge in [0.15, 0.2) is 0 Å². The molecule has 0 aliphatic carbocycles. The third-order valence-electron chi connectivity index (χ3n) is 5.99. The monoisotopic (exact) mass is 360 g/mol. The van der Waals surface area contributed by atoms with Crippen LogP contribution < -0.4 is 4.90 Å². The fourth-order valence-electron chi connectivity index (χ4n) is 4.52. The zero-order chi connectivity index (χ0) is 18.5. The van der Waals surface area contributed by atoms with Crippen LogP contribution in [0.3, 0.4) is 0 Å². The van der Waals surface area contributed by atoms with Crippen LogP contribution in [0.15, 0.2) is 18.2 Å². The molecule has 3 nitrogen and oxygen atoms in total. The molecule has 1 aromatic carbocycles. The number of para-hydroxylation sites is 1. The Balaban J connectivity index is 1.54. The number of carbonyl (C=O) groups excluding carboxylic acids is 1. The average Bonchev–Trinajstić information content (AvgIpc) is 2.63. The molecule has 1 aromatic rings. The number of anilines is 1. The van der Waals surface area contributed by atoms with Crippen molar-refractivity contribution < 1.29 is 9.18 Å². The smallest absolute Gasteiger partial charge is 0.227 e. The van der Waals surface area contributed by atoms with Crippen molar-refractivity contribution >= 4 is 11.6 Å². The highest BCUT2D eigenvalue weighted by Gasteiger charge is 2.29. The van der Waals surface area contributed by atoms with Gasteiger partial charge in [-0.3, -0.25) is 4.79 Å². The number of halogens is 1. The fraction of sp³-hybridized carbons (Fsp3) is 0.682. The molecule has 1 unspecified atom stereocenters. The van der Waals surface area contributed by atoms with Crippen LogP contribution in [-0.4, -0.2) is 37.0 Å². The first kappa shape index (κ1) is 19.3. The Bertz CT molecular complexity index is 610. The number of amides is 1. The molecule has 26 heavy (non-hydrogen) atoms. The first-order valence-electron chi connectivity index (χ1n) is 10.4. The predicted molar refractivity (Wildman–Crippen MR) is 105 cm³/mol. The van der Waals surface area contributed by atoms with Crippen molar-refractivity contribution in [1.29, 1.82) is 0 Å². The Morgan fingerprint density at radius 2 is 1.96 bits per heavy atom. The van der Waals surface area contributed by atoms with Crippen LogP contribution in [0.2, 0.25) is 0 Å². The maximum Gasteiger partial charge on any atom is 0.227 e. The second-order valence-electron chi connectivity index (χ2n) is 8.24. The van der Waals surface area contributed by atoms with E-state index >= 15 is 0 Å². The number of hydrogen-bond acceptors (Lipinski definition) is 2. The molecule has 3 rings (SSSR count). The molecular formula is C22H33FN2O. The van der Waals surface area contributed by atoms with Crippen molar-refractivity contribution in [3.8, 4) is 0 Å². The van der Waals surface area contributed by atoms with Gasteiger partial charge in [0.05, 0.1) is 5.69 Å². The first-order chi connectivity index (χ1) is 12.6. The number of carbonyl (C=O) groups is 1. The highest BCUT2D eigenvalue weighted by Crippen LogP contribution is 2.31. The number of nitrogens with zero attached hydrogens (tertiary/aromatic N) is 2. The summed E-state index contributed by atoms with van der Waals surface area (Å²) in [6.45, 7) is 8.39. The highest BCUT2D eigenvalue weighted by molar-refractivity contribution is 5.96. The summed E-state index contributed by atoms with van der Waals surface area (Å²) in [6, 6.07) is 5.16. The molecule has 2 aliphatic heterocycles. The summed E-state index contributed by atoms with van der Waals surface area (Å²) < 4.78 is 14.3. The van der Waals surface area contributed by atoms with Gasteiger partial charge in [0, 0.05) is 19.5 Å². The molecule has 0 spiro atoms. The highest BCUT2D eigenvalue weighted by atomic mass is 19.1. The number of benzene rings is 1. The maximum absolute atomic E-state index is 14.3. The number of hydrogen-bond donors (Lipinski definition) is 0. The zero-order valence-corrected chi connectivity index (χ0v) is 16.3. The van der Waals surface area contributed by atoms with Crippen molar-refractivity contribution in [3.63, 3.8) is 0 Å². The van der Waals surface area contributed by atoms with Gasteiger partial charge in [-0.25, -0.2) is 4.39 Å². The lowest BCUT2D eigenvalue weighted by Crippen LogP contribution is -2.43. The molecule has 0 bridgehead atoms. The van der Waals surface area contributed by atoms with Crippen molar-refractivity contribution in [2.45, 2.75) is 58.8 Å². The van der Waals surface area contributed by atoms with Gasteiger partial charge in [-0.2, -0.15) is 0 Å². The van der Waals surface area contributed by atoms with E-state index in [9.17, 15) is 9.18 Å². The molecular weight excluding hydrogens is 327 g/mol. The summed E-state index contributed by atoms with van der Waals surface area (Å²) in [5.74, 6) is 1.04. The normalized spacial score (nSPS) is 20.3. The first-order valence-corrected chi connectivity index (χ1v) is 10.4. The zero-order valence-electron chi connectivity index (χ0n) is 16.3. The molecule has 1 saturated heterocycles. The molecule has 144 valence electrons. The SMILES string of the molecule is CCCCC1CCN(CC(C)CN2C(=O)CCc3cccc(F)c32)CC1. The molecule has 1 atom stereocenters. The van der Waals surface area contributed by atoms with Gasteiger partial charge in [-0.05, 0) is 55.8 Å². The number of aryl methyl sites for hydroxylation is 1. The summed E-state index contributed by atoms with van der Waals surface area (Å²) in [5, 5.41) is 0. The largest absolute Gasteiger partial charge is 0.309 e. The number of rotatable bonds is 7. The summed E-state index contributed by atoms with van der Waals surface area (Å²) in [4.78, 5) is 16.7. The fourth-order valence-corrected chi connectivity index (χ4v) is 4.52. The number of unbranched alkanes of at least 4 members (excludes halogenated alkanes) is 1. The van der Waals surface area contributed by atoms with Crippen LogP contribution in [0.1, 0.15) is 57.9 Å². The average molecular weight is 361 g/mol. The van der Waals surface area contributed by atoms with Crippen LogP contribution in [0.5, 0.6) is 0 Å². The maximum atomic E-state index is 14.3. The van der Waals surface area contributed by atoms with E-state index in [4.69, 9.17) is 0 Å². The molecule has 2 heterocycles. The summed E-state index contributed by atoms with van der Waals surface area (Å²) in [7, 11) is 0. The van der Waals surface area contributed by atoms with E-state index < -0.39 is 0 Å². The summed E-state index contributed by atoms with van der Waals surface area (Å²) in [5.41, 5.74) is 1.49. The van der Waals surface area contributed by atoms with Crippen molar-refractivity contribution in [1.82, 2.24) is 4.90 Å². The lowest BCUT2D eigenvalue weighted by Gasteiger charge is -2.36. The molecule has 0 N–H and O–H groups in total. The second-order valence-corrected chi connectivity index (χ2v) is 8.24. The lowest BCUT2D eigenvalue weighted by molar-refractivity contribution is -0.119. The van der Waals surface area contributed by atoms with Crippen LogP contribution >= 0.6 is 0 Å². The second kappa shape index (κ2) is 8.98. The summed E-state index contributed by atoms with van der Waals surface area (Å²) >= 11 is 0. The van der Waals surface area contributed by atoms with Gasteiger partial charge in [0.25, 0.3) is 0 Å². The Morgan fingerprint density at radius 1 is 1.19 bits per heavy atom. The van der Waals surface area contributed by atoms with Crippen LogP contribution in [0, 0.1) is 17.7 Å². The minimum absolute atomic E-state index is 0.0627. The Hall–Kier alpha value is -1.42. The molecule has 0 radical (unpaired) electrons. The van der Waals surface area contributed by atoms with Gasteiger partial charge in [0.1, 0.15) is 5.82 Å². The number of fused-ring (bicyclic) bond motifs is 1. The van der Waals surface area contributed by atoms with E-state index in [0.717, 1.165) is 31.1 Å². The number of piperidine rings is 1.